The predicted molar refractivity (Wildman–Crippen MR) is 174 cm³/mol. The first-order valence-corrected chi connectivity index (χ1v) is 16.7. The molecular formula is C35H59NO11. The number of ether oxygens (including phenoxy) is 6. The lowest BCUT2D eigenvalue weighted by atomic mass is 9.74. The number of ketones is 2. The third-order valence-electron chi connectivity index (χ3n) is 9.94. The Morgan fingerprint density at radius 1 is 1.06 bits per heavy atom. The Labute approximate surface area is 280 Å². The highest BCUT2D eigenvalue weighted by molar-refractivity contribution is 6.00. The van der Waals surface area contributed by atoms with E-state index in [0.29, 0.717) is 6.42 Å². The summed E-state index contributed by atoms with van der Waals surface area (Å²) in [4.78, 5) is 55.9. The molecule has 0 spiro atoms. The third-order valence-corrected chi connectivity index (χ3v) is 9.94. The largest absolute Gasteiger partial charge is 0.459 e. The van der Waals surface area contributed by atoms with Crippen LogP contribution in [0, 0.1) is 23.7 Å². The summed E-state index contributed by atoms with van der Waals surface area (Å²) in [5.74, 6) is -5.74. The van der Waals surface area contributed by atoms with Gasteiger partial charge < -0.3 is 38.4 Å². The van der Waals surface area contributed by atoms with Gasteiger partial charge in [-0.2, -0.15) is 0 Å². The average molecular weight is 670 g/mol. The summed E-state index contributed by atoms with van der Waals surface area (Å²) >= 11 is 0. The van der Waals surface area contributed by atoms with Gasteiger partial charge in [0.25, 0.3) is 0 Å². The Morgan fingerprint density at radius 3 is 2.17 bits per heavy atom. The molecule has 0 aliphatic carbocycles. The van der Waals surface area contributed by atoms with Gasteiger partial charge in [0, 0.05) is 31.8 Å². The number of methoxy groups -OCH3 is 1. The smallest absolute Gasteiger partial charge is 0.316 e. The molecule has 0 saturated carbocycles. The van der Waals surface area contributed by atoms with Crippen LogP contribution in [0.1, 0.15) is 81.6 Å². The van der Waals surface area contributed by atoms with E-state index in [0.717, 1.165) is 0 Å². The second kappa shape index (κ2) is 16.9. The van der Waals surface area contributed by atoms with Crippen LogP contribution >= 0.6 is 0 Å². The summed E-state index contributed by atoms with van der Waals surface area (Å²) in [6, 6.07) is -0.257. The van der Waals surface area contributed by atoms with Crippen LogP contribution in [0.5, 0.6) is 0 Å². The van der Waals surface area contributed by atoms with Crippen molar-refractivity contribution in [2.75, 3.05) is 27.8 Å². The second-order valence-electron chi connectivity index (χ2n) is 14.0. The van der Waals surface area contributed by atoms with E-state index in [1.807, 2.05) is 25.9 Å². The van der Waals surface area contributed by atoms with Crippen molar-refractivity contribution in [3.63, 3.8) is 0 Å². The van der Waals surface area contributed by atoms with Crippen LogP contribution in [0.4, 0.5) is 0 Å². The van der Waals surface area contributed by atoms with E-state index in [2.05, 4.69) is 6.58 Å². The molecule has 2 aliphatic rings. The zero-order valence-corrected chi connectivity index (χ0v) is 30.4. The molecule has 0 amide bonds. The van der Waals surface area contributed by atoms with Crippen LogP contribution in [0.3, 0.4) is 0 Å². The van der Waals surface area contributed by atoms with Crippen molar-refractivity contribution < 1.29 is 52.7 Å². The van der Waals surface area contributed by atoms with Crippen LogP contribution in [0.2, 0.25) is 0 Å². The van der Waals surface area contributed by atoms with E-state index in [1.165, 1.54) is 34.0 Å². The standard InChI is InChI=1S/C35H59NO11/c1-14-16-43-31-21(5)27(38)19(3)18-34(9,42-13)30(22(6)28(39)23(7)32(40)46-26(15-2)35(31,10)41)47-33-29(45-24(8)37)25(36(11)12)17-20(4)44-33/h14,19-23,25-26,29-31,33,41H,1,15-18H2,2-13H3/t19-,20-,21-,22+,23-,25+,26-,29-,30-,31+,33+,34+,35-/m1/s1. The first-order valence-electron chi connectivity index (χ1n) is 16.7. The van der Waals surface area contributed by atoms with E-state index in [4.69, 9.17) is 28.4 Å². The summed E-state index contributed by atoms with van der Waals surface area (Å²) in [5, 5.41) is 11.8. The fourth-order valence-corrected chi connectivity index (χ4v) is 7.21. The van der Waals surface area contributed by atoms with Crippen LogP contribution in [0.25, 0.3) is 0 Å². The summed E-state index contributed by atoms with van der Waals surface area (Å²) in [5.41, 5.74) is -3.05. The van der Waals surface area contributed by atoms with Crippen LogP contribution in [-0.2, 0) is 47.6 Å². The molecule has 2 heterocycles. The number of nitrogens with zero attached hydrogens (tertiary/aromatic N) is 1. The lowest BCUT2D eigenvalue weighted by Gasteiger charge is -2.47. The lowest BCUT2D eigenvalue weighted by molar-refractivity contribution is -0.298. The second-order valence-corrected chi connectivity index (χ2v) is 14.0. The number of carbonyl (C=O) groups excluding carboxylic acids is 4. The molecule has 1 N–H and O–H groups in total. The third kappa shape index (κ3) is 9.48. The molecule has 2 fully saturated rings. The molecule has 47 heavy (non-hydrogen) atoms. The van der Waals surface area contributed by atoms with Gasteiger partial charge in [-0.05, 0) is 61.1 Å². The fraction of sp³-hybridized carbons (Fsp3) is 0.829. The maximum atomic E-state index is 14.1. The number of rotatable bonds is 9. The average Bonchev–Trinajstić information content (AvgIpc) is 3.00. The van der Waals surface area contributed by atoms with Gasteiger partial charge in [0.2, 0.25) is 0 Å². The predicted octanol–water partition coefficient (Wildman–Crippen LogP) is 3.50. The monoisotopic (exact) mass is 669 g/mol. The molecule has 13 atom stereocenters. The number of aliphatic hydroxyl groups is 1. The Morgan fingerprint density at radius 2 is 1.66 bits per heavy atom. The topological polar surface area (TPSA) is 147 Å². The van der Waals surface area contributed by atoms with Gasteiger partial charge in [-0.3, -0.25) is 19.2 Å². The van der Waals surface area contributed by atoms with Gasteiger partial charge >= 0.3 is 11.9 Å². The minimum Gasteiger partial charge on any atom is -0.459 e. The summed E-state index contributed by atoms with van der Waals surface area (Å²) in [7, 11) is 5.22. The number of hydrogen-bond acceptors (Lipinski definition) is 12. The molecule has 2 rings (SSSR count). The molecule has 0 aromatic rings. The Bertz CT molecular complexity index is 1110. The molecule has 2 aliphatic heterocycles. The number of cyclic esters (lactones) is 1. The van der Waals surface area contributed by atoms with E-state index in [1.54, 1.807) is 34.6 Å². The molecule has 12 nitrogen and oxygen atoms in total. The van der Waals surface area contributed by atoms with Crippen molar-refractivity contribution in [3.05, 3.63) is 12.7 Å². The molecule has 0 aromatic carbocycles. The number of hydrogen-bond donors (Lipinski definition) is 1. The number of carbonyl (C=O) groups is 4. The first kappa shape index (κ1) is 41.0. The van der Waals surface area contributed by atoms with Gasteiger partial charge in [-0.15, -0.1) is 6.58 Å². The van der Waals surface area contributed by atoms with E-state index in [-0.39, 0.29) is 37.4 Å². The van der Waals surface area contributed by atoms with Gasteiger partial charge in [0.1, 0.15) is 23.4 Å². The SMILES string of the molecule is C=CCO[C@H]1[C@H](C)C(=O)[C@H](C)C[C@](C)(OC)[C@H](O[C@@H]2O[C@H](C)C[C@H](N(C)C)[C@H]2OC(C)=O)[C@@H](C)C(=O)[C@@H](C)C(=O)O[C@H](CC)[C@@]1(C)O. The van der Waals surface area contributed by atoms with Crippen molar-refractivity contribution in [3.8, 4) is 0 Å². The van der Waals surface area contributed by atoms with Crippen molar-refractivity contribution in [2.45, 2.75) is 136 Å². The molecule has 0 unspecified atom stereocenters. The molecule has 0 aromatic heterocycles. The minimum atomic E-state index is -1.78. The summed E-state index contributed by atoms with van der Waals surface area (Å²) in [6.07, 6.45) is -3.02. The number of esters is 2. The Balaban J connectivity index is 2.72. The van der Waals surface area contributed by atoms with Gasteiger partial charge in [-0.1, -0.05) is 33.8 Å². The normalized spacial score (nSPS) is 41.2. The van der Waals surface area contributed by atoms with Crippen LogP contribution in [0.15, 0.2) is 12.7 Å². The molecule has 0 bridgehead atoms. The maximum Gasteiger partial charge on any atom is 0.316 e. The molecule has 270 valence electrons. The minimum absolute atomic E-state index is 0.0482. The van der Waals surface area contributed by atoms with Gasteiger partial charge in [0.05, 0.1) is 36.6 Å². The Hall–Kier alpha value is -2.22. The van der Waals surface area contributed by atoms with Crippen molar-refractivity contribution in [1.29, 1.82) is 0 Å². The highest BCUT2D eigenvalue weighted by atomic mass is 16.7. The fourth-order valence-electron chi connectivity index (χ4n) is 7.21. The van der Waals surface area contributed by atoms with E-state index in [9.17, 15) is 24.3 Å². The quantitative estimate of drug-likeness (QED) is 0.218. The molecular weight excluding hydrogens is 610 g/mol. The van der Waals surface area contributed by atoms with E-state index < -0.39 is 83.3 Å². The zero-order chi connectivity index (χ0) is 36.0. The Kier molecular flexibility index (Phi) is 14.8. The van der Waals surface area contributed by atoms with Crippen molar-refractivity contribution in [2.24, 2.45) is 23.7 Å². The highest BCUT2D eigenvalue weighted by Crippen LogP contribution is 2.39. The van der Waals surface area contributed by atoms with Crippen molar-refractivity contribution in [1.82, 2.24) is 4.90 Å². The first-order chi connectivity index (χ1) is 21.8. The summed E-state index contributed by atoms with van der Waals surface area (Å²) in [6.45, 7) is 18.4. The van der Waals surface area contributed by atoms with Gasteiger partial charge in [-0.25, -0.2) is 0 Å². The lowest BCUT2D eigenvalue weighted by Crippen LogP contribution is -2.60. The summed E-state index contributed by atoms with van der Waals surface area (Å²) < 4.78 is 36.5. The number of likely N-dealkylation sites (N-methyl/N-ethyl adjacent to an activating group) is 1. The van der Waals surface area contributed by atoms with E-state index >= 15 is 0 Å². The molecule has 12 heteroatoms. The number of Topliss-reactive ketones (excluding diaryl/α,β-unsaturated/α-hetero) is 2. The molecule has 0 radical (unpaired) electrons. The van der Waals surface area contributed by atoms with Crippen molar-refractivity contribution >= 4 is 23.5 Å². The van der Waals surface area contributed by atoms with Crippen LogP contribution < -0.4 is 0 Å². The maximum absolute atomic E-state index is 14.1. The zero-order valence-electron chi connectivity index (χ0n) is 30.4. The van der Waals surface area contributed by atoms with Crippen LogP contribution in [-0.4, -0.2) is 115 Å². The van der Waals surface area contributed by atoms with Gasteiger partial charge in [0.15, 0.2) is 18.2 Å². The highest BCUT2D eigenvalue weighted by Gasteiger charge is 2.53. The molecule has 2 saturated heterocycles.